The number of hydrogen-bond donors (Lipinski definition) is 0. The lowest BCUT2D eigenvalue weighted by Gasteiger charge is -2.06. The summed E-state index contributed by atoms with van der Waals surface area (Å²) in [4.78, 5) is 0. The van der Waals surface area contributed by atoms with Gasteiger partial charge in [-0.15, -0.1) is 0 Å². The molecule has 0 spiro atoms. The first-order valence-electron chi connectivity index (χ1n) is 7.29. The molecule has 0 amide bonds. The monoisotopic (exact) mass is 237 g/mol. The van der Waals surface area contributed by atoms with Gasteiger partial charge in [0.15, 0.2) is 0 Å². The van der Waals surface area contributed by atoms with Crippen LogP contribution in [0.2, 0.25) is 0 Å². The minimum absolute atomic E-state index is 0.577. The first kappa shape index (κ1) is 14.3. The van der Waals surface area contributed by atoms with Crippen molar-refractivity contribution in [1.29, 1.82) is 0 Å². The predicted molar refractivity (Wildman–Crippen MR) is 73.1 cm³/mol. The summed E-state index contributed by atoms with van der Waals surface area (Å²) in [5, 5.41) is 0. The van der Waals surface area contributed by atoms with Crippen molar-refractivity contribution >= 4 is 0 Å². The van der Waals surface area contributed by atoms with Gasteiger partial charge in [-0.25, -0.2) is 9.13 Å². The SMILES string of the molecule is CCCCCC[n+]1ccn(C(C)C)c1CCC. The first-order chi connectivity index (χ1) is 8.20. The molecule has 0 fully saturated rings. The van der Waals surface area contributed by atoms with Crippen LogP contribution in [-0.2, 0) is 13.0 Å². The molecule has 17 heavy (non-hydrogen) atoms. The van der Waals surface area contributed by atoms with E-state index in [2.05, 4.69) is 49.2 Å². The van der Waals surface area contributed by atoms with Gasteiger partial charge in [0, 0.05) is 6.42 Å². The highest BCUT2D eigenvalue weighted by atomic mass is 15.2. The molecule has 1 heterocycles. The average Bonchev–Trinajstić information content (AvgIpc) is 2.69. The summed E-state index contributed by atoms with van der Waals surface area (Å²) >= 11 is 0. The van der Waals surface area contributed by atoms with Gasteiger partial charge in [0.25, 0.3) is 5.82 Å². The summed E-state index contributed by atoms with van der Waals surface area (Å²) in [6.45, 7) is 10.3. The molecule has 2 nitrogen and oxygen atoms in total. The molecule has 0 saturated heterocycles. The zero-order valence-corrected chi connectivity index (χ0v) is 12.1. The van der Waals surface area contributed by atoms with E-state index >= 15 is 0 Å². The Morgan fingerprint density at radius 2 is 1.88 bits per heavy atom. The molecule has 1 aromatic heterocycles. The Morgan fingerprint density at radius 3 is 2.47 bits per heavy atom. The Hall–Kier alpha value is -0.790. The summed E-state index contributed by atoms with van der Waals surface area (Å²) in [5.74, 6) is 1.50. The average molecular weight is 237 g/mol. The van der Waals surface area contributed by atoms with Crippen molar-refractivity contribution in [3.05, 3.63) is 18.2 Å². The zero-order chi connectivity index (χ0) is 12.7. The zero-order valence-electron chi connectivity index (χ0n) is 12.1. The van der Waals surface area contributed by atoms with Gasteiger partial charge in [-0.2, -0.15) is 0 Å². The number of hydrogen-bond acceptors (Lipinski definition) is 0. The molecule has 0 radical (unpaired) electrons. The van der Waals surface area contributed by atoms with Crippen molar-refractivity contribution in [2.45, 2.75) is 78.8 Å². The molecule has 0 N–H and O–H groups in total. The van der Waals surface area contributed by atoms with Crippen molar-refractivity contribution < 1.29 is 4.57 Å². The number of unbranched alkanes of at least 4 members (excludes halogenated alkanes) is 3. The van der Waals surface area contributed by atoms with Crippen LogP contribution in [0.25, 0.3) is 0 Å². The van der Waals surface area contributed by atoms with Crippen molar-refractivity contribution in [2.75, 3.05) is 0 Å². The number of aryl methyl sites for hydroxylation is 1. The van der Waals surface area contributed by atoms with E-state index in [-0.39, 0.29) is 0 Å². The maximum absolute atomic E-state index is 2.46. The Balaban J connectivity index is 2.63. The van der Waals surface area contributed by atoms with E-state index in [1.807, 2.05) is 0 Å². The van der Waals surface area contributed by atoms with Gasteiger partial charge >= 0.3 is 0 Å². The molecule has 0 aliphatic rings. The van der Waals surface area contributed by atoms with Gasteiger partial charge in [-0.3, -0.25) is 0 Å². The van der Waals surface area contributed by atoms with E-state index in [0.717, 1.165) is 0 Å². The molecule has 1 rings (SSSR count). The molecule has 0 atom stereocenters. The van der Waals surface area contributed by atoms with Gasteiger partial charge in [-0.05, 0) is 33.1 Å². The molecular formula is C15H29N2+. The van der Waals surface area contributed by atoms with E-state index in [0.29, 0.717) is 6.04 Å². The van der Waals surface area contributed by atoms with Crippen LogP contribution < -0.4 is 4.57 Å². The largest absolute Gasteiger partial charge is 0.256 e. The Bertz CT molecular complexity index is 313. The second-order valence-electron chi connectivity index (χ2n) is 5.22. The van der Waals surface area contributed by atoms with Crippen molar-refractivity contribution in [3.63, 3.8) is 0 Å². The Morgan fingerprint density at radius 1 is 1.12 bits per heavy atom. The van der Waals surface area contributed by atoms with Crippen molar-refractivity contribution in [1.82, 2.24) is 4.57 Å². The fraction of sp³-hybridized carbons (Fsp3) is 0.800. The van der Waals surface area contributed by atoms with Crippen LogP contribution in [0.3, 0.4) is 0 Å². The number of aromatic nitrogens is 2. The smallest absolute Gasteiger partial charge is 0.234 e. The quantitative estimate of drug-likeness (QED) is 0.479. The molecule has 0 aromatic carbocycles. The Kier molecular flexibility index (Phi) is 6.31. The molecule has 0 unspecified atom stereocenters. The summed E-state index contributed by atoms with van der Waals surface area (Å²) < 4.78 is 4.88. The standard InChI is InChI=1S/C15H29N2/c1-5-7-8-9-11-16-12-13-17(14(3)4)15(16)10-6-2/h12-14H,5-11H2,1-4H3/q+1. The van der Waals surface area contributed by atoms with Gasteiger partial charge in [0.2, 0.25) is 0 Å². The molecule has 0 bridgehead atoms. The van der Waals surface area contributed by atoms with Crippen molar-refractivity contribution in [2.24, 2.45) is 0 Å². The van der Waals surface area contributed by atoms with Crippen LogP contribution in [0.15, 0.2) is 12.4 Å². The Labute approximate surface area is 107 Å². The van der Waals surface area contributed by atoms with Crippen molar-refractivity contribution in [3.8, 4) is 0 Å². The summed E-state index contributed by atoms with van der Waals surface area (Å²) in [5.41, 5.74) is 0. The van der Waals surface area contributed by atoms with Gasteiger partial charge in [0.1, 0.15) is 12.4 Å². The fourth-order valence-corrected chi connectivity index (χ4v) is 2.35. The molecule has 0 aliphatic carbocycles. The lowest BCUT2D eigenvalue weighted by Crippen LogP contribution is -2.37. The topological polar surface area (TPSA) is 8.81 Å². The third kappa shape index (κ3) is 4.18. The van der Waals surface area contributed by atoms with E-state index in [9.17, 15) is 0 Å². The minimum Gasteiger partial charge on any atom is -0.234 e. The van der Waals surface area contributed by atoms with Crippen LogP contribution in [0, 0.1) is 0 Å². The van der Waals surface area contributed by atoms with Crippen LogP contribution in [0.5, 0.6) is 0 Å². The molecule has 1 aromatic rings. The third-order valence-corrected chi connectivity index (χ3v) is 3.32. The second kappa shape index (κ2) is 7.52. The predicted octanol–water partition coefficient (Wildman–Crippen LogP) is 3.89. The molecule has 0 aliphatic heterocycles. The summed E-state index contributed by atoms with van der Waals surface area (Å²) in [6.07, 6.45) is 12.3. The summed E-state index contributed by atoms with van der Waals surface area (Å²) in [6, 6.07) is 0.577. The maximum atomic E-state index is 2.46. The van der Waals surface area contributed by atoms with E-state index in [4.69, 9.17) is 0 Å². The normalized spacial score (nSPS) is 11.4. The number of imidazole rings is 1. The lowest BCUT2D eigenvalue weighted by atomic mass is 10.2. The second-order valence-corrected chi connectivity index (χ2v) is 5.22. The summed E-state index contributed by atoms with van der Waals surface area (Å²) in [7, 11) is 0. The molecule has 98 valence electrons. The lowest BCUT2D eigenvalue weighted by molar-refractivity contribution is -0.704. The van der Waals surface area contributed by atoms with Crippen LogP contribution >= 0.6 is 0 Å². The highest BCUT2D eigenvalue weighted by molar-refractivity contribution is 4.86. The van der Waals surface area contributed by atoms with Gasteiger partial charge in [0.05, 0.1) is 12.6 Å². The van der Waals surface area contributed by atoms with E-state index < -0.39 is 0 Å². The van der Waals surface area contributed by atoms with Crippen LogP contribution in [-0.4, -0.2) is 4.57 Å². The fourth-order valence-electron chi connectivity index (χ4n) is 2.35. The first-order valence-corrected chi connectivity index (χ1v) is 7.29. The van der Waals surface area contributed by atoms with Gasteiger partial charge in [-0.1, -0.05) is 26.7 Å². The molecule has 2 heteroatoms. The highest BCUT2D eigenvalue weighted by Gasteiger charge is 2.17. The maximum Gasteiger partial charge on any atom is 0.256 e. The number of rotatable bonds is 8. The van der Waals surface area contributed by atoms with Crippen LogP contribution in [0.4, 0.5) is 0 Å². The van der Waals surface area contributed by atoms with Gasteiger partial charge < -0.3 is 0 Å². The minimum atomic E-state index is 0.577. The molecular weight excluding hydrogens is 208 g/mol. The molecule has 0 saturated carbocycles. The van der Waals surface area contributed by atoms with E-state index in [1.165, 1.54) is 50.9 Å². The van der Waals surface area contributed by atoms with E-state index in [1.54, 1.807) is 0 Å². The third-order valence-electron chi connectivity index (χ3n) is 3.32. The van der Waals surface area contributed by atoms with Crippen LogP contribution in [0.1, 0.15) is 71.7 Å². The highest BCUT2D eigenvalue weighted by Crippen LogP contribution is 2.09. The number of nitrogens with zero attached hydrogens (tertiary/aromatic N) is 2.